The number of rotatable bonds is 6. The van der Waals surface area contributed by atoms with Gasteiger partial charge in [0.2, 0.25) is 5.95 Å². The van der Waals surface area contributed by atoms with Gasteiger partial charge in [-0.2, -0.15) is 9.97 Å². The van der Waals surface area contributed by atoms with Crippen molar-refractivity contribution < 1.29 is 18.0 Å². The smallest absolute Gasteiger partial charge is 0.267 e. The standard InChI is InChI=1S/C22H18ClF3N8O2/c1-8(30-19-15(18(28)35)17(27)32-22(29)33-19)20-31-13-4-2-3-12(23)14(13)21(36)34(20)11-6-9(16(25)26)5-10(24)7-11/h2-8,16H,1H3,(H2,28,35)(H5,27,29,30,32,33)/t8-/m0/s1. The summed E-state index contributed by atoms with van der Waals surface area (Å²) in [5.74, 6) is -2.70. The molecule has 0 bridgehead atoms. The van der Waals surface area contributed by atoms with E-state index in [2.05, 4.69) is 20.3 Å². The Morgan fingerprint density at radius 3 is 2.53 bits per heavy atom. The van der Waals surface area contributed by atoms with Gasteiger partial charge in [-0.15, -0.1) is 0 Å². The molecule has 0 saturated heterocycles. The minimum Gasteiger partial charge on any atom is -0.383 e. The lowest BCUT2D eigenvalue weighted by Crippen LogP contribution is -2.28. The van der Waals surface area contributed by atoms with Crippen LogP contribution in [0.25, 0.3) is 16.6 Å². The maximum atomic E-state index is 14.3. The molecule has 4 rings (SSSR count). The SMILES string of the molecule is C[C@H](Nc1nc(N)nc(N)c1C(N)=O)c1nc2cccc(Cl)c2c(=O)n1-c1cc(F)cc(C(F)F)c1. The summed E-state index contributed by atoms with van der Waals surface area (Å²) in [6.07, 6.45) is -3.00. The van der Waals surface area contributed by atoms with Crippen LogP contribution >= 0.6 is 11.6 Å². The maximum absolute atomic E-state index is 14.3. The average Bonchev–Trinajstić information content (AvgIpc) is 2.77. The third-order valence-electron chi connectivity index (χ3n) is 5.23. The van der Waals surface area contributed by atoms with E-state index >= 15 is 0 Å². The Balaban J connectivity index is 1.99. The van der Waals surface area contributed by atoms with Crippen molar-refractivity contribution in [3.8, 4) is 5.69 Å². The summed E-state index contributed by atoms with van der Waals surface area (Å²) in [5, 5.41) is 2.90. The number of nitrogens with one attached hydrogen (secondary N) is 1. The summed E-state index contributed by atoms with van der Waals surface area (Å²) in [6, 6.07) is 6.13. The van der Waals surface area contributed by atoms with Gasteiger partial charge in [0.05, 0.1) is 27.7 Å². The van der Waals surface area contributed by atoms with Gasteiger partial charge in [0.15, 0.2) is 0 Å². The highest BCUT2D eigenvalue weighted by molar-refractivity contribution is 6.35. The molecule has 0 aliphatic carbocycles. The molecular weight excluding hydrogens is 501 g/mol. The molecule has 2 aromatic heterocycles. The number of aromatic nitrogens is 4. The van der Waals surface area contributed by atoms with E-state index in [1.54, 1.807) is 6.07 Å². The van der Waals surface area contributed by atoms with E-state index < -0.39 is 35.3 Å². The van der Waals surface area contributed by atoms with Crippen LogP contribution in [0.2, 0.25) is 5.02 Å². The molecule has 0 aliphatic rings. The van der Waals surface area contributed by atoms with Crippen molar-refractivity contribution in [3.05, 3.63) is 74.5 Å². The monoisotopic (exact) mass is 518 g/mol. The number of anilines is 3. The number of alkyl halides is 2. The molecule has 0 fully saturated rings. The molecule has 0 spiro atoms. The number of benzene rings is 2. The van der Waals surface area contributed by atoms with Crippen molar-refractivity contribution in [1.82, 2.24) is 19.5 Å². The molecule has 2 aromatic carbocycles. The number of carbonyl (C=O) groups excluding carboxylic acids is 1. The lowest BCUT2D eigenvalue weighted by Gasteiger charge is -2.22. The van der Waals surface area contributed by atoms with Crippen LogP contribution in [0.15, 0.2) is 41.2 Å². The quantitative estimate of drug-likeness (QED) is 0.301. The highest BCUT2D eigenvalue weighted by atomic mass is 35.5. The molecular formula is C22H18ClF3N8O2. The second-order valence-electron chi connectivity index (χ2n) is 7.71. The maximum Gasteiger partial charge on any atom is 0.267 e. The van der Waals surface area contributed by atoms with Crippen LogP contribution in [-0.4, -0.2) is 25.4 Å². The zero-order valence-electron chi connectivity index (χ0n) is 18.5. The highest BCUT2D eigenvalue weighted by Gasteiger charge is 2.24. The summed E-state index contributed by atoms with van der Waals surface area (Å²) in [6.45, 7) is 1.53. The highest BCUT2D eigenvalue weighted by Crippen LogP contribution is 2.29. The van der Waals surface area contributed by atoms with Crippen molar-refractivity contribution >= 4 is 46.0 Å². The lowest BCUT2D eigenvalue weighted by molar-refractivity contribution is 0.100. The summed E-state index contributed by atoms with van der Waals surface area (Å²) >= 11 is 6.23. The van der Waals surface area contributed by atoms with Gasteiger partial charge in [0.1, 0.15) is 28.8 Å². The Labute approximate surface area is 205 Å². The van der Waals surface area contributed by atoms with Crippen LogP contribution in [0, 0.1) is 5.82 Å². The van der Waals surface area contributed by atoms with Crippen LogP contribution in [0.1, 0.15) is 41.1 Å². The van der Waals surface area contributed by atoms with Gasteiger partial charge in [-0.05, 0) is 37.3 Å². The first-order valence-corrected chi connectivity index (χ1v) is 10.6. The number of nitrogens with two attached hydrogens (primary N) is 3. The summed E-state index contributed by atoms with van der Waals surface area (Å²) in [4.78, 5) is 37.6. The van der Waals surface area contributed by atoms with Gasteiger partial charge in [0.25, 0.3) is 17.9 Å². The predicted octanol–water partition coefficient (Wildman–Crippen LogP) is 3.34. The number of nitrogens with zero attached hydrogens (tertiary/aromatic N) is 4. The average molecular weight is 519 g/mol. The van der Waals surface area contributed by atoms with E-state index in [9.17, 15) is 22.8 Å². The van der Waals surface area contributed by atoms with E-state index in [1.807, 2.05) is 0 Å². The number of hydrogen-bond acceptors (Lipinski definition) is 8. The first-order chi connectivity index (χ1) is 17.0. The molecule has 1 atom stereocenters. The number of carbonyl (C=O) groups is 1. The number of hydrogen-bond donors (Lipinski definition) is 4. The molecule has 36 heavy (non-hydrogen) atoms. The predicted molar refractivity (Wildman–Crippen MR) is 129 cm³/mol. The first-order valence-electron chi connectivity index (χ1n) is 10.3. The second-order valence-corrected chi connectivity index (χ2v) is 8.12. The molecule has 0 unspecified atom stereocenters. The molecule has 7 N–H and O–H groups in total. The first kappa shape index (κ1) is 24.7. The molecule has 186 valence electrons. The molecule has 14 heteroatoms. The third kappa shape index (κ3) is 4.47. The minimum absolute atomic E-state index is 0.00803. The van der Waals surface area contributed by atoms with Crippen LogP contribution in [0.3, 0.4) is 0 Å². The molecule has 0 aliphatic heterocycles. The van der Waals surface area contributed by atoms with Crippen LogP contribution in [0.5, 0.6) is 0 Å². The lowest BCUT2D eigenvalue weighted by atomic mass is 10.1. The summed E-state index contributed by atoms with van der Waals surface area (Å²) in [7, 11) is 0. The Bertz CT molecular complexity index is 1580. The number of nitrogen functional groups attached to an aromatic ring is 2. The molecule has 0 radical (unpaired) electrons. The normalized spacial score (nSPS) is 12.2. The van der Waals surface area contributed by atoms with E-state index in [0.29, 0.717) is 6.07 Å². The van der Waals surface area contributed by atoms with Gasteiger partial charge in [-0.3, -0.25) is 14.2 Å². The van der Waals surface area contributed by atoms with Gasteiger partial charge in [-0.25, -0.2) is 18.2 Å². The Morgan fingerprint density at radius 1 is 1.14 bits per heavy atom. The Morgan fingerprint density at radius 2 is 1.86 bits per heavy atom. The Hall–Kier alpha value is -4.39. The second kappa shape index (κ2) is 9.34. The van der Waals surface area contributed by atoms with E-state index in [4.69, 9.17) is 28.8 Å². The van der Waals surface area contributed by atoms with Crippen LogP contribution in [-0.2, 0) is 0 Å². The van der Waals surface area contributed by atoms with Gasteiger partial charge >= 0.3 is 0 Å². The van der Waals surface area contributed by atoms with Crippen molar-refractivity contribution in [2.45, 2.75) is 19.4 Å². The molecule has 0 saturated carbocycles. The topological polar surface area (TPSA) is 168 Å². The fourth-order valence-corrected chi connectivity index (χ4v) is 3.96. The summed E-state index contributed by atoms with van der Waals surface area (Å²) in [5.41, 5.74) is 15.1. The third-order valence-corrected chi connectivity index (χ3v) is 5.54. The van der Waals surface area contributed by atoms with Crippen molar-refractivity contribution in [1.29, 1.82) is 0 Å². The molecule has 1 amide bonds. The number of halogens is 4. The van der Waals surface area contributed by atoms with Crippen molar-refractivity contribution in [2.75, 3.05) is 16.8 Å². The number of amides is 1. The van der Waals surface area contributed by atoms with Gasteiger partial charge < -0.3 is 22.5 Å². The van der Waals surface area contributed by atoms with E-state index in [-0.39, 0.29) is 50.6 Å². The van der Waals surface area contributed by atoms with Crippen molar-refractivity contribution in [3.63, 3.8) is 0 Å². The number of fused-ring (bicyclic) bond motifs is 1. The number of primary amides is 1. The zero-order valence-corrected chi connectivity index (χ0v) is 19.2. The fourth-order valence-electron chi connectivity index (χ4n) is 3.71. The zero-order chi connectivity index (χ0) is 26.3. The molecule has 4 aromatic rings. The molecule has 2 heterocycles. The van der Waals surface area contributed by atoms with Gasteiger partial charge in [0, 0.05) is 5.56 Å². The van der Waals surface area contributed by atoms with Gasteiger partial charge in [-0.1, -0.05) is 17.7 Å². The Kier molecular flexibility index (Phi) is 6.41. The largest absolute Gasteiger partial charge is 0.383 e. The van der Waals surface area contributed by atoms with Crippen LogP contribution in [0.4, 0.5) is 30.8 Å². The minimum atomic E-state index is -3.00. The van der Waals surface area contributed by atoms with Crippen LogP contribution < -0.4 is 28.1 Å². The summed E-state index contributed by atoms with van der Waals surface area (Å²) < 4.78 is 42.1. The van der Waals surface area contributed by atoms with E-state index in [0.717, 1.165) is 16.7 Å². The van der Waals surface area contributed by atoms with E-state index in [1.165, 1.54) is 19.1 Å². The van der Waals surface area contributed by atoms with Crippen molar-refractivity contribution in [2.24, 2.45) is 5.73 Å². The fraction of sp³-hybridized carbons (Fsp3) is 0.136. The molecule has 10 nitrogen and oxygen atoms in total.